The molecule has 0 bridgehead atoms. The van der Waals surface area contributed by atoms with Crippen molar-refractivity contribution in [2.45, 2.75) is 13.3 Å². The molecule has 0 unspecified atom stereocenters. The lowest BCUT2D eigenvalue weighted by Crippen LogP contribution is -2.05. The van der Waals surface area contributed by atoms with Gasteiger partial charge < -0.3 is 9.47 Å². The number of aryl methyl sites for hydroxylation is 1. The Bertz CT molecular complexity index is 859. The van der Waals surface area contributed by atoms with E-state index < -0.39 is 5.82 Å². The molecule has 25 heavy (non-hydrogen) atoms. The van der Waals surface area contributed by atoms with Crippen molar-refractivity contribution in [1.82, 2.24) is 15.0 Å². The van der Waals surface area contributed by atoms with E-state index in [0.29, 0.717) is 18.1 Å². The Balaban J connectivity index is 1.55. The summed E-state index contributed by atoms with van der Waals surface area (Å²) in [5.41, 5.74) is 1.91. The molecule has 0 N–H and O–H groups in total. The van der Waals surface area contributed by atoms with Crippen LogP contribution in [0.4, 0.5) is 4.39 Å². The van der Waals surface area contributed by atoms with Gasteiger partial charge in [-0.25, -0.2) is 9.97 Å². The highest BCUT2D eigenvalue weighted by Gasteiger charge is 2.07. The lowest BCUT2D eigenvalue weighted by molar-refractivity contribution is 0.291. The smallest absolute Gasteiger partial charge is 0.254 e. The third-order valence-corrected chi connectivity index (χ3v) is 3.50. The van der Waals surface area contributed by atoms with E-state index >= 15 is 0 Å². The molecule has 0 amide bonds. The number of pyridine rings is 1. The summed E-state index contributed by atoms with van der Waals surface area (Å²) in [6.45, 7) is 2.17. The van der Waals surface area contributed by atoms with Crippen LogP contribution >= 0.6 is 11.6 Å². The lowest BCUT2D eigenvalue weighted by Gasteiger charge is -2.08. The monoisotopic (exact) mass is 359 g/mol. The molecule has 3 rings (SSSR count). The maximum absolute atomic E-state index is 13.5. The maximum atomic E-state index is 13.5. The van der Waals surface area contributed by atoms with Crippen LogP contribution in [0.15, 0.2) is 48.7 Å². The Hall–Kier alpha value is -2.73. The van der Waals surface area contributed by atoms with Crippen molar-refractivity contribution in [2.24, 2.45) is 0 Å². The third kappa shape index (κ3) is 4.87. The first-order valence-corrected chi connectivity index (χ1v) is 7.99. The Morgan fingerprint density at radius 2 is 1.88 bits per heavy atom. The highest BCUT2D eigenvalue weighted by Crippen LogP contribution is 2.20. The molecule has 0 atom stereocenters. The van der Waals surface area contributed by atoms with Gasteiger partial charge in [-0.05, 0) is 42.3 Å². The summed E-state index contributed by atoms with van der Waals surface area (Å²) in [6, 6.07) is 13.1. The molecule has 0 radical (unpaired) electrons. The summed E-state index contributed by atoms with van der Waals surface area (Å²) in [5.74, 6) is 0.452. The molecule has 0 saturated heterocycles. The van der Waals surface area contributed by atoms with Crippen LogP contribution in [0, 0.1) is 12.7 Å². The minimum Gasteiger partial charge on any atom is -0.475 e. The van der Waals surface area contributed by atoms with Gasteiger partial charge in [0.25, 0.3) is 5.88 Å². The molecular weight excluding hydrogens is 345 g/mol. The number of ether oxygens (including phenoxy) is 2. The number of benzene rings is 1. The van der Waals surface area contributed by atoms with Crippen LogP contribution in [-0.2, 0) is 6.42 Å². The number of hydrogen-bond acceptors (Lipinski definition) is 5. The predicted octanol–water partition coefficient (Wildman–Crippen LogP) is 4.39. The van der Waals surface area contributed by atoms with Gasteiger partial charge in [0.1, 0.15) is 5.75 Å². The van der Waals surface area contributed by atoms with Crippen molar-refractivity contribution >= 4 is 11.6 Å². The van der Waals surface area contributed by atoms with Crippen LogP contribution in [-0.4, -0.2) is 21.6 Å². The molecule has 0 fully saturated rings. The molecule has 3 aromatic rings. The van der Waals surface area contributed by atoms with Crippen molar-refractivity contribution < 1.29 is 13.9 Å². The van der Waals surface area contributed by atoms with Crippen LogP contribution < -0.4 is 9.47 Å². The first-order chi connectivity index (χ1) is 12.1. The fraction of sp³-hybridized carbons (Fsp3) is 0.167. The highest BCUT2D eigenvalue weighted by atomic mass is 35.5. The first kappa shape index (κ1) is 17.1. The molecule has 0 saturated carbocycles. The fourth-order valence-electron chi connectivity index (χ4n) is 2.12. The van der Waals surface area contributed by atoms with E-state index in [9.17, 15) is 4.39 Å². The zero-order valence-electron chi connectivity index (χ0n) is 13.4. The first-order valence-electron chi connectivity index (χ1n) is 7.61. The molecule has 7 heteroatoms. The van der Waals surface area contributed by atoms with Crippen LogP contribution in [0.1, 0.15) is 11.3 Å². The second-order valence-corrected chi connectivity index (χ2v) is 5.59. The van der Waals surface area contributed by atoms with Gasteiger partial charge in [-0.1, -0.05) is 18.2 Å². The molecule has 1 aromatic carbocycles. The molecule has 0 aliphatic heterocycles. The van der Waals surface area contributed by atoms with Gasteiger partial charge in [0.15, 0.2) is 0 Å². The lowest BCUT2D eigenvalue weighted by atomic mass is 10.1. The number of hydrogen-bond donors (Lipinski definition) is 0. The highest BCUT2D eigenvalue weighted by molar-refractivity contribution is 6.28. The summed E-state index contributed by atoms with van der Waals surface area (Å²) in [6.07, 6.45) is 1.57. The third-order valence-electron chi connectivity index (χ3n) is 3.32. The van der Waals surface area contributed by atoms with Crippen molar-refractivity contribution in [3.8, 4) is 17.5 Å². The molecule has 2 heterocycles. The number of nitrogens with zero attached hydrogens (tertiary/aromatic N) is 3. The Morgan fingerprint density at radius 3 is 2.64 bits per heavy atom. The number of aromatic nitrogens is 3. The Morgan fingerprint density at radius 1 is 1.08 bits per heavy atom. The van der Waals surface area contributed by atoms with Gasteiger partial charge >= 0.3 is 0 Å². The Labute approximate surface area is 149 Å². The van der Waals surface area contributed by atoms with Gasteiger partial charge in [0.05, 0.1) is 12.8 Å². The van der Waals surface area contributed by atoms with Crippen LogP contribution in [0.25, 0.3) is 0 Å². The fourth-order valence-corrected chi connectivity index (χ4v) is 2.24. The summed E-state index contributed by atoms with van der Waals surface area (Å²) in [7, 11) is 0. The standard InChI is InChI=1S/C18H15ClFN3O2/c1-12-3-2-4-16(22-12)25-14-7-5-13(6-8-14)9-10-24-17-15(20)11-21-18(19)23-17/h2-8,11H,9-10H2,1H3. The molecule has 128 valence electrons. The van der Waals surface area contributed by atoms with Crippen molar-refractivity contribution in [3.63, 3.8) is 0 Å². The average Bonchev–Trinajstić information content (AvgIpc) is 2.59. The molecule has 5 nitrogen and oxygen atoms in total. The Kier molecular flexibility index (Phi) is 5.40. The van der Waals surface area contributed by atoms with Gasteiger partial charge in [-0.15, -0.1) is 0 Å². The van der Waals surface area contributed by atoms with Crippen molar-refractivity contribution in [1.29, 1.82) is 0 Å². The van der Waals surface area contributed by atoms with E-state index in [-0.39, 0.29) is 17.8 Å². The summed E-state index contributed by atoms with van der Waals surface area (Å²) < 4.78 is 24.5. The van der Waals surface area contributed by atoms with Crippen LogP contribution in [0.5, 0.6) is 17.5 Å². The average molecular weight is 360 g/mol. The molecule has 0 aliphatic carbocycles. The van der Waals surface area contributed by atoms with Gasteiger partial charge in [0.2, 0.25) is 17.0 Å². The molecule has 2 aromatic heterocycles. The topological polar surface area (TPSA) is 57.1 Å². The normalized spacial score (nSPS) is 10.5. The van der Waals surface area contributed by atoms with E-state index in [0.717, 1.165) is 17.5 Å². The van der Waals surface area contributed by atoms with E-state index in [1.54, 1.807) is 6.07 Å². The molecule has 0 spiro atoms. The van der Waals surface area contributed by atoms with E-state index in [1.807, 2.05) is 43.3 Å². The zero-order chi connectivity index (χ0) is 17.6. The minimum absolute atomic E-state index is 0.0531. The zero-order valence-corrected chi connectivity index (χ0v) is 14.2. The molecular formula is C18H15ClFN3O2. The SMILES string of the molecule is Cc1cccc(Oc2ccc(CCOc3nc(Cl)ncc3F)cc2)n1. The largest absolute Gasteiger partial charge is 0.475 e. The quantitative estimate of drug-likeness (QED) is 0.611. The van der Waals surface area contributed by atoms with E-state index in [1.165, 1.54) is 0 Å². The number of rotatable bonds is 6. The van der Waals surface area contributed by atoms with Gasteiger partial charge in [-0.3, -0.25) is 0 Å². The van der Waals surface area contributed by atoms with Gasteiger partial charge in [0, 0.05) is 18.2 Å². The second-order valence-electron chi connectivity index (χ2n) is 5.25. The maximum Gasteiger partial charge on any atom is 0.254 e. The number of halogens is 2. The van der Waals surface area contributed by atoms with Crippen molar-refractivity contribution in [3.05, 3.63) is 71.0 Å². The summed E-state index contributed by atoms with van der Waals surface area (Å²) >= 11 is 5.62. The van der Waals surface area contributed by atoms with Crippen LogP contribution in [0.3, 0.4) is 0 Å². The summed E-state index contributed by atoms with van der Waals surface area (Å²) in [4.78, 5) is 11.5. The second kappa shape index (κ2) is 7.90. The van der Waals surface area contributed by atoms with E-state index in [4.69, 9.17) is 21.1 Å². The summed E-state index contributed by atoms with van der Waals surface area (Å²) in [5, 5.41) is -0.0531. The van der Waals surface area contributed by atoms with Crippen LogP contribution in [0.2, 0.25) is 5.28 Å². The minimum atomic E-state index is -0.640. The van der Waals surface area contributed by atoms with E-state index in [2.05, 4.69) is 15.0 Å². The predicted molar refractivity (Wildman–Crippen MR) is 91.7 cm³/mol. The van der Waals surface area contributed by atoms with Gasteiger partial charge in [-0.2, -0.15) is 9.37 Å². The molecule has 0 aliphatic rings. The van der Waals surface area contributed by atoms with Crippen molar-refractivity contribution in [2.75, 3.05) is 6.61 Å².